The van der Waals surface area contributed by atoms with Crippen molar-refractivity contribution < 1.29 is 19.8 Å². The number of aliphatic hydroxyl groups is 2. The summed E-state index contributed by atoms with van der Waals surface area (Å²) in [4.78, 5) is 31.3. The van der Waals surface area contributed by atoms with E-state index in [0.29, 0.717) is 37.7 Å². The van der Waals surface area contributed by atoms with Crippen LogP contribution >= 0.6 is 27.5 Å². The number of carbonyl (C=O) groups excluding carboxylic acids is 2. The summed E-state index contributed by atoms with van der Waals surface area (Å²) in [5.74, 6) is -0.178. The summed E-state index contributed by atoms with van der Waals surface area (Å²) in [6.07, 6.45) is 0. The molecule has 0 aromatic heterocycles. The summed E-state index contributed by atoms with van der Waals surface area (Å²) < 4.78 is 0.511. The van der Waals surface area contributed by atoms with Gasteiger partial charge in [-0.3, -0.25) is 9.79 Å². The normalized spacial score (nSPS) is 16.0. The Morgan fingerprint density at radius 2 is 1.94 bits per heavy atom. The van der Waals surface area contributed by atoms with Crippen LogP contribution < -0.4 is 15.5 Å². The van der Waals surface area contributed by atoms with E-state index in [1.165, 1.54) is 4.90 Å². The van der Waals surface area contributed by atoms with E-state index >= 15 is 0 Å². The Labute approximate surface area is 193 Å². The molecule has 0 spiro atoms. The highest BCUT2D eigenvalue weighted by Crippen LogP contribution is 2.38. The van der Waals surface area contributed by atoms with Crippen LogP contribution in [-0.2, 0) is 4.79 Å². The van der Waals surface area contributed by atoms with Gasteiger partial charge in [-0.2, -0.15) is 0 Å². The zero-order valence-electron chi connectivity index (χ0n) is 16.9. The molecule has 0 radical (unpaired) electrons. The molecule has 2 aromatic carbocycles. The number of aliphatic imine (C=N–C) groups is 1. The third-order valence-electron chi connectivity index (χ3n) is 4.88. The van der Waals surface area contributed by atoms with E-state index in [9.17, 15) is 19.8 Å². The number of urea groups is 1. The molecule has 1 atom stereocenters. The number of halogens is 2. The summed E-state index contributed by atoms with van der Waals surface area (Å²) in [5.41, 5.74) is 2.80. The molecule has 10 heteroatoms. The fourth-order valence-electron chi connectivity index (χ4n) is 3.23. The van der Waals surface area contributed by atoms with Crippen molar-refractivity contribution in [2.75, 3.05) is 30.5 Å². The van der Waals surface area contributed by atoms with Crippen LogP contribution in [0.25, 0.3) is 0 Å². The maximum Gasteiger partial charge on any atom is 0.319 e. The molecule has 3 rings (SSSR count). The van der Waals surface area contributed by atoms with Crippen LogP contribution in [0, 0.1) is 0 Å². The molecule has 8 nitrogen and oxygen atoms in total. The molecule has 1 heterocycles. The predicted molar refractivity (Wildman–Crippen MR) is 124 cm³/mol. The summed E-state index contributed by atoms with van der Waals surface area (Å²) >= 11 is 10.00. The number of aliphatic hydroxyl groups excluding tert-OH is 2. The zero-order chi connectivity index (χ0) is 22.7. The topological polar surface area (TPSA) is 114 Å². The van der Waals surface area contributed by atoms with Crippen molar-refractivity contribution in [2.45, 2.75) is 19.0 Å². The maximum absolute atomic E-state index is 12.8. The van der Waals surface area contributed by atoms with Crippen molar-refractivity contribution in [3.8, 4) is 0 Å². The van der Waals surface area contributed by atoms with Gasteiger partial charge in [-0.1, -0.05) is 29.8 Å². The van der Waals surface area contributed by atoms with Crippen LogP contribution in [-0.4, -0.2) is 60.2 Å². The van der Waals surface area contributed by atoms with E-state index in [2.05, 4.69) is 31.6 Å². The average Bonchev–Trinajstić information content (AvgIpc) is 2.85. The van der Waals surface area contributed by atoms with Gasteiger partial charge in [0.1, 0.15) is 6.04 Å². The Morgan fingerprint density at radius 3 is 2.58 bits per heavy atom. The standard InChI is InChI=1S/C21H22BrClN4O4/c1-11-20(30)27(2)16-8-7-15(26-21(31)25-12(9-28)10-29)18(22)17(16)19(24-11)13-5-3-4-6-14(13)23/h3-8,11-12,28-29H,9-10H2,1-2H3,(H2,25,26,31). The highest BCUT2D eigenvalue weighted by molar-refractivity contribution is 9.10. The lowest BCUT2D eigenvalue weighted by molar-refractivity contribution is -0.119. The third-order valence-corrected chi connectivity index (χ3v) is 6.04. The van der Waals surface area contributed by atoms with Crippen LogP contribution in [0.2, 0.25) is 5.02 Å². The number of benzodiazepines with no additional fused rings is 1. The van der Waals surface area contributed by atoms with Gasteiger partial charge in [0.2, 0.25) is 0 Å². The first-order valence-electron chi connectivity index (χ1n) is 9.50. The van der Waals surface area contributed by atoms with Crippen LogP contribution in [0.5, 0.6) is 0 Å². The number of benzene rings is 2. The van der Waals surface area contributed by atoms with E-state index in [1.54, 1.807) is 38.2 Å². The Kier molecular flexibility index (Phi) is 7.32. The van der Waals surface area contributed by atoms with Crippen LogP contribution in [0.4, 0.5) is 16.2 Å². The second-order valence-corrected chi connectivity index (χ2v) is 8.21. The molecule has 2 aromatic rings. The van der Waals surface area contributed by atoms with Crippen molar-refractivity contribution in [3.05, 3.63) is 57.0 Å². The van der Waals surface area contributed by atoms with E-state index in [-0.39, 0.29) is 5.91 Å². The van der Waals surface area contributed by atoms with E-state index in [1.807, 2.05) is 12.1 Å². The van der Waals surface area contributed by atoms with Gasteiger partial charge in [-0.15, -0.1) is 0 Å². The number of carbonyl (C=O) groups is 2. The van der Waals surface area contributed by atoms with Gasteiger partial charge in [0.05, 0.1) is 40.8 Å². The number of hydrogen-bond acceptors (Lipinski definition) is 5. The molecular formula is C21H22BrClN4O4. The lowest BCUT2D eigenvalue weighted by Gasteiger charge is -2.22. The van der Waals surface area contributed by atoms with Crippen LogP contribution in [0.15, 0.2) is 45.9 Å². The number of fused-ring (bicyclic) bond motifs is 1. The van der Waals surface area contributed by atoms with Crippen molar-refractivity contribution in [3.63, 3.8) is 0 Å². The molecule has 31 heavy (non-hydrogen) atoms. The molecule has 1 aliphatic heterocycles. The fraction of sp³-hybridized carbons (Fsp3) is 0.286. The molecule has 164 valence electrons. The van der Waals surface area contributed by atoms with Gasteiger partial charge in [0.15, 0.2) is 0 Å². The molecule has 1 unspecified atom stereocenters. The first kappa shape index (κ1) is 23.2. The summed E-state index contributed by atoms with van der Waals surface area (Å²) in [6.45, 7) is 0.915. The minimum Gasteiger partial charge on any atom is -0.394 e. The number of anilines is 2. The van der Waals surface area contributed by atoms with E-state index < -0.39 is 31.3 Å². The minimum atomic E-state index is -0.788. The molecule has 0 bridgehead atoms. The Bertz CT molecular complexity index is 1040. The smallest absolute Gasteiger partial charge is 0.319 e. The number of hydrogen-bond donors (Lipinski definition) is 4. The number of nitrogens with one attached hydrogen (secondary N) is 2. The van der Waals surface area contributed by atoms with Crippen molar-refractivity contribution >= 4 is 56.6 Å². The summed E-state index contributed by atoms with van der Waals surface area (Å²) in [5, 5.41) is 24.0. The van der Waals surface area contributed by atoms with Crippen molar-refractivity contribution in [1.82, 2.24) is 5.32 Å². The average molecular weight is 510 g/mol. The Balaban J connectivity index is 2.12. The zero-order valence-corrected chi connectivity index (χ0v) is 19.2. The lowest BCUT2D eigenvalue weighted by atomic mass is 9.99. The fourth-order valence-corrected chi connectivity index (χ4v) is 4.08. The van der Waals surface area contributed by atoms with Gasteiger partial charge < -0.3 is 25.7 Å². The number of likely N-dealkylation sites (N-methyl/N-ethyl adjacent to an activating group) is 1. The summed E-state index contributed by atoms with van der Waals surface area (Å²) in [6, 6.07) is 8.55. The molecule has 0 fully saturated rings. The van der Waals surface area contributed by atoms with Gasteiger partial charge in [-0.25, -0.2) is 4.79 Å². The number of rotatable bonds is 5. The number of amides is 3. The lowest BCUT2D eigenvalue weighted by Crippen LogP contribution is -2.42. The third kappa shape index (κ3) is 4.74. The van der Waals surface area contributed by atoms with Crippen LogP contribution in [0.3, 0.4) is 0 Å². The second-order valence-electron chi connectivity index (χ2n) is 7.01. The Hall–Kier alpha value is -2.46. The van der Waals surface area contributed by atoms with E-state index in [4.69, 9.17) is 11.6 Å². The first-order chi connectivity index (χ1) is 14.8. The maximum atomic E-state index is 12.8. The summed E-state index contributed by atoms with van der Waals surface area (Å²) in [7, 11) is 1.67. The largest absolute Gasteiger partial charge is 0.394 e. The highest BCUT2D eigenvalue weighted by Gasteiger charge is 2.30. The molecule has 0 saturated heterocycles. The van der Waals surface area contributed by atoms with Gasteiger partial charge >= 0.3 is 6.03 Å². The number of nitrogens with zero attached hydrogens (tertiary/aromatic N) is 2. The quantitative estimate of drug-likeness (QED) is 0.496. The van der Waals surface area contributed by atoms with Gasteiger partial charge in [-0.05, 0) is 41.1 Å². The molecule has 4 N–H and O–H groups in total. The van der Waals surface area contributed by atoms with Crippen molar-refractivity contribution in [1.29, 1.82) is 0 Å². The van der Waals surface area contributed by atoms with Gasteiger partial charge in [0, 0.05) is 23.2 Å². The molecule has 1 aliphatic rings. The molecule has 0 saturated carbocycles. The first-order valence-corrected chi connectivity index (χ1v) is 10.7. The minimum absolute atomic E-state index is 0.178. The van der Waals surface area contributed by atoms with Crippen molar-refractivity contribution in [2.24, 2.45) is 4.99 Å². The Morgan fingerprint density at radius 1 is 1.26 bits per heavy atom. The van der Waals surface area contributed by atoms with Crippen LogP contribution in [0.1, 0.15) is 18.1 Å². The monoisotopic (exact) mass is 508 g/mol. The van der Waals surface area contributed by atoms with E-state index in [0.717, 1.165) is 0 Å². The SMILES string of the molecule is CC1N=C(c2ccccc2Cl)c2c(ccc(NC(=O)NC(CO)CO)c2Br)N(C)C1=O. The molecular weight excluding hydrogens is 488 g/mol. The predicted octanol–water partition coefficient (Wildman–Crippen LogP) is 2.78. The molecule has 0 aliphatic carbocycles. The van der Waals surface area contributed by atoms with Gasteiger partial charge in [0.25, 0.3) is 5.91 Å². The second kappa shape index (κ2) is 9.78. The molecule has 3 amide bonds. The highest BCUT2D eigenvalue weighted by atomic mass is 79.9.